The highest BCUT2D eigenvalue weighted by atomic mass is 32.2. The van der Waals surface area contributed by atoms with E-state index in [4.69, 9.17) is 4.74 Å². The number of hydrogen-bond donors (Lipinski definition) is 0. The zero-order valence-electron chi connectivity index (χ0n) is 8.56. The summed E-state index contributed by atoms with van der Waals surface area (Å²) in [4.78, 5) is 0.301. The molecule has 1 aromatic carbocycles. The molecule has 0 amide bonds. The number of ether oxygens (including phenoxy) is 1. The van der Waals surface area contributed by atoms with Crippen LogP contribution in [0.3, 0.4) is 0 Å². The zero-order chi connectivity index (χ0) is 11.1. The Morgan fingerprint density at radius 1 is 1.47 bits per heavy atom. The predicted molar refractivity (Wildman–Crippen MR) is 57.6 cm³/mol. The summed E-state index contributed by atoms with van der Waals surface area (Å²) in [5.74, 6) is 0.657. The van der Waals surface area contributed by atoms with Gasteiger partial charge in [-0.1, -0.05) is 6.07 Å². The summed E-state index contributed by atoms with van der Waals surface area (Å²) in [6.07, 6.45) is 2.89. The lowest BCUT2D eigenvalue weighted by molar-refractivity contribution is 0.216. The molecule has 4 heteroatoms. The van der Waals surface area contributed by atoms with Gasteiger partial charge < -0.3 is 4.74 Å². The molecule has 0 bridgehead atoms. The van der Waals surface area contributed by atoms with E-state index in [9.17, 15) is 8.42 Å². The molecular formula is C11H13O3S. The molecule has 0 aliphatic carbocycles. The standard InChI is InChI=1S/C11H13O3S/c1-8-3-4-9-5-6-10(15(2,12)13)7-11(9)14-8/h5-8H,1,3-4H2,2H3. The van der Waals surface area contributed by atoms with Crippen molar-refractivity contribution in [3.63, 3.8) is 0 Å². The first kappa shape index (κ1) is 10.5. The van der Waals surface area contributed by atoms with Crippen LogP contribution in [-0.2, 0) is 16.3 Å². The molecule has 0 saturated carbocycles. The first-order valence-corrected chi connectivity index (χ1v) is 6.69. The van der Waals surface area contributed by atoms with Crippen molar-refractivity contribution in [2.75, 3.05) is 6.26 Å². The number of sulfone groups is 1. The topological polar surface area (TPSA) is 43.4 Å². The predicted octanol–water partition coefficient (Wildman–Crippen LogP) is 1.62. The summed E-state index contributed by atoms with van der Waals surface area (Å²) in [5, 5.41) is 0. The molecule has 0 spiro atoms. The van der Waals surface area contributed by atoms with E-state index in [1.165, 1.54) is 6.26 Å². The normalized spacial score (nSPS) is 20.5. The Morgan fingerprint density at radius 3 is 2.87 bits per heavy atom. The van der Waals surface area contributed by atoms with Crippen molar-refractivity contribution >= 4 is 9.84 Å². The lowest BCUT2D eigenvalue weighted by Gasteiger charge is -2.23. The molecule has 1 heterocycles. The zero-order valence-corrected chi connectivity index (χ0v) is 9.38. The molecule has 2 rings (SSSR count). The maximum absolute atomic E-state index is 11.3. The molecular weight excluding hydrogens is 212 g/mol. The Labute approximate surface area is 90.0 Å². The van der Waals surface area contributed by atoms with Crippen molar-refractivity contribution in [1.82, 2.24) is 0 Å². The number of aryl methyl sites for hydroxylation is 1. The van der Waals surface area contributed by atoms with Crippen LogP contribution >= 0.6 is 0 Å². The minimum Gasteiger partial charge on any atom is -0.490 e. The third-order valence-corrected chi connectivity index (χ3v) is 3.61. The number of hydrogen-bond acceptors (Lipinski definition) is 3. The molecule has 1 atom stereocenters. The van der Waals surface area contributed by atoms with E-state index >= 15 is 0 Å². The number of fused-ring (bicyclic) bond motifs is 1. The fraction of sp³-hybridized carbons (Fsp3) is 0.364. The van der Waals surface area contributed by atoms with Crippen LogP contribution in [0.2, 0.25) is 0 Å². The van der Waals surface area contributed by atoms with Crippen LogP contribution in [-0.4, -0.2) is 20.8 Å². The van der Waals surface area contributed by atoms with Gasteiger partial charge in [0.2, 0.25) is 0 Å². The van der Waals surface area contributed by atoms with Gasteiger partial charge in [-0.3, -0.25) is 0 Å². The van der Waals surface area contributed by atoms with E-state index in [1.54, 1.807) is 12.1 Å². The molecule has 0 saturated heterocycles. The highest BCUT2D eigenvalue weighted by Crippen LogP contribution is 2.29. The van der Waals surface area contributed by atoms with E-state index in [0.717, 1.165) is 18.4 Å². The van der Waals surface area contributed by atoms with E-state index in [2.05, 4.69) is 6.92 Å². The van der Waals surface area contributed by atoms with Gasteiger partial charge in [-0.2, -0.15) is 0 Å². The molecule has 0 N–H and O–H groups in total. The van der Waals surface area contributed by atoms with Gasteiger partial charge >= 0.3 is 0 Å². The average Bonchev–Trinajstić information content (AvgIpc) is 2.15. The second kappa shape index (κ2) is 3.52. The summed E-state index contributed by atoms with van der Waals surface area (Å²) in [6.45, 7) is 3.82. The molecule has 81 valence electrons. The molecule has 3 nitrogen and oxygen atoms in total. The summed E-state index contributed by atoms with van der Waals surface area (Å²) < 4.78 is 28.2. The molecule has 0 aromatic heterocycles. The van der Waals surface area contributed by atoms with Crippen molar-refractivity contribution in [2.24, 2.45) is 0 Å². The SMILES string of the molecule is [CH2]C1CCc2ccc(S(C)(=O)=O)cc2O1. The maximum atomic E-state index is 11.3. The molecule has 1 radical (unpaired) electrons. The molecule has 15 heavy (non-hydrogen) atoms. The second-order valence-electron chi connectivity index (χ2n) is 3.82. The minimum atomic E-state index is -3.15. The van der Waals surface area contributed by atoms with Gasteiger partial charge in [0, 0.05) is 6.26 Å². The molecule has 1 aliphatic rings. The van der Waals surface area contributed by atoms with Crippen LogP contribution in [0.4, 0.5) is 0 Å². The number of benzene rings is 1. The Balaban J connectivity index is 2.46. The van der Waals surface area contributed by atoms with E-state index in [0.29, 0.717) is 10.6 Å². The van der Waals surface area contributed by atoms with Crippen molar-refractivity contribution in [3.05, 3.63) is 30.7 Å². The molecule has 1 aliphatic heterocycles. The summed E-state index contributed by atoms with van der Waals surface area (Å²) in [6, 6.07) is 5.03. The first-order chi connectivity index (χ1) is 6.97. The average molecular weight is 225 g/mol. The minimum absolute atomic E-state index is 0.0766. The second-order valence-corrected chi connectivity index (χ2v) is 5.84. The van der Waals surface area contributed by atoms with Gasteiger partial charge in [0.25, 0.3) is 0 Å². The van der Waals surface area contributed by atoms with Crippen molar-refractivity contribution in [2.45, 2.75) is 23.8 Å². The first-order valence-electron chi connectivity index (χ1n) is 4.79. The van der Waals surface area contributed by atoms with Gasteiger partial charge in [0.15, 0.2) is 9.84 Å². The Kier molecular flexibility index (Phi) is 2.46. The van der Waals surface area contributed by atoms with Crippen LogP contribution in [0, 0.1) is 6.92 Å². The van der Waals surface area contributed by atoms with Crippen molar-refractivity contribution < 1.29 is 13.2 Å². The molecule has 1 unspecified atom stereocenters. The van der Waals surface area contributed by atoms with Gasteiger partial charge in [-0.25, -0.2) is 8.42 Å². The van der Waals surface area contributed by atoms with Crippen LogP contribution in [0.5, 0.6) is 5.75 Å². The van der Waals surface area contributed by atoms with Gasteiger partial charge in [0.05, 0.1) is 11.0 Å². The maximum Gasteiger partial charge on any atom is 0.175 e. The van der Waals surface area contributed by atoms with Crippen LogP contribution in [0.15, 0.2) is 23.1 Å². The lowest BCUT2D eigenvalue weighted by atomic mass is 10.0. The van der Waals surface area contributed by atoms with Gasteiger partial charge in [0.1, 0.15) is 5.75 Å². The monoisotopic (exact) mass is 225 g/mol. The fourth-order valence-electron chi connectivity index (χ4n) is 1.64. The highest BCUT2D eigenvalue weighted by Gasteiger charge is 2.18. The third kappa shape index (κ3) is 2.15. The Morgan fingerprint density at radius 2 is 2.20 bits per heavy atom. The Bertz CT molecular complexity index is 477. The van der Waals surface area contributed by atoms with Crippen LogP contribution in [0.25, 0.3) is 0 Å². The van der Waals surface area contributed by atoms with E-state index < -0.39 is 9.84 Å². The fourth-order valence-corrected chi connectivity index (χ4v) is 2.27. The van der Waals surface area contributed by atoms with E-state index in [-0.39, 0.29) is 6.10 Å². The van der Waals surface area contributed by atoms with Gasteiger partial charge in [-0.15, -0.1) is 0 Å². The lowest BCUT2D eigenvalue weighted by Crippen LogP contribution is -2.19. The summed E-state index contributed by atoms with van der Waals surface area (Å²) in [5.41, 5.74) is 1.06. The largest absolute Gasteiger partial charge is 0.490 e. The third-order valence-electron chi connectivity index (χ3n) is 2.50. The molecule has 1 aromatic rings. The summed E-state index contributed by atoms with van der Waals surface area (Å²) >= 11 is 0. The van der Waals surface area contributed by atoms with Crippen molar-refractivity contribution in [1.29, 1.82) is 0 Å². The van der Waals surface area contributed by atoms with Crippen LogP contribution in [0.1, 0.15) is 12.0 Å². The van der Waals surface area contributed by atoms with Gasteiger partial charge in [-0.05, 0) is 37.5 Å². The summed E-state index contributed by atoms with van der Waals surface area (Å²) in [7, 11) is -3.15. The quantitative estimate of drug-likeness (QED) is 0.729. The highest BCUT2D eigenvalue weighted by molar-refractivity contribution is 7.90. The smallest absolute Gasteiger partial charge is 0.175 e. The van der Waals surface area contributed by atoms with Crippen molar-refractivity contribution in [3.8, 4) is 5.75 Å². The Hall–Kier alpha value is -1.03. The van der Waals surface area contributed by atoms with Crippen LogP contribution < -0.4 is 4.74 Å². The molecule has 0 fully saturated rings. The number of rotatable bonds is 1. The van der Waals surface area contributed by atoms with E-state index in [1.807, 2.05) is 6.07 Å².